The lowest BCUT2D eigenvalue weighted by atomic mass is 9.95. The van der Waals surface area contributed by atoms with Crippen LogP contribution in [0, 0.1) is 0 Å². The molecule has 1 aliphatic heterocycles. The molecule has 0 saturated heterocycles. The molecule has 1 heterocycles. The van der Waals surface area contributed by atoms with E-state index in [-0.39, 0.29) is 0 Å². The van der Waals surface area contributed by atoms with Gasteiger partial charge in [0.2, 0.25) is 0 Å². The Bertz CT molecular complexity index is 406. The van der Waals surface area contributed by atoms with Crippen molar-refractivity contribution in [3.8, 4) is 11.5 Å². The molecule has 1 aromatic carbocycles. The number of methoxy groups -OCH3 is 1. The van der Waals surface area contributed by atoms with Crippen molar-refractivity contribution in [2.45, 2.75) is 25.9 Å². The summed E-state index contributed by atoms with van der Waals surface area (Å²) in [6.45, 7) is 4.58. The molecular weight excluding hydrogens is 230 g/mol. The molecule has 0 aromatic heterocycles. The van der Waals surface area contributed by atoms with Crippen molar-refractivity contribution in [3.63, 3.8) is 0 Å². The van der Waals surface area contributed by atoms with E-state index < -0.39 is 0 Å². The van der Waals surface area contributed by atoms with Gasteiger partial charge in [0.1, 0.15) is 13.2 Å². The van der Waals surface area contributed by atoms with Gasteiger partial charge in [-0.25, -0.2) is 0 Å². The zero-order valence-corrected chi connectivity index (χ0v) is 11.1. The highest BCUT2D eigenvalue weighted by Crippen LogP contribution is 2.41. The quantitative estimate of drug-likeness (QED) is 0.870. The Morgan fingerprint density at radius 3 is 2.67 bits per heavy atom. The second-order valence-corrected chi connectivity index (χ2v) is 4.58. The van der Waals surface area contributed by atoms with Gasteiger partial charge in [0.25, 0.3) is 0 Å². The number of nitrogens with two attached hydrogens (primary N) is 1. The summed E-state index contributed by atoms with van der Waals surface area (Å²) < 4.78 is 16.7. The molecule has 0 fully saturated rings. The fraction of sp³-hybridized carbons (Fsp3) is 0.571. The highest BCUT2D eigenvalue weighted by atomic mass is 16.6. The number of ether oxygens (including phenoxy) is 3. The Hall–Kier alpha value is -1.26. The number of hydrogen-bond acceptors (Lipinski definition) is 4. The molecule has 0 radical (unpaired) electrons. The van der Waals surface area contributed by atoms with E-state index in [1.165, 1.54) is 5.56 Å². The molecule has 4 nitrogen and oxygen atoms in total. The molecule has 0 saturated carbocycles. The van der Waals surface area contributed by atoms with Crippen LogP contribution in [0.5, 0.6) is 11.5 Å². The second kappa shape index (κ2) is 6.07. The van der Waals surface area contributed by atoms with Crippen molar-refractivity contribution < 1.29 is 14.2 Å². The summed E-state index contributed by atoms with van der Waals surface area (Å²) in [5.41, 5.74) is 7.84. The van der Waals surface area contributed by atoms with Gasteiger partial charge in [-0.1, -0.05) is 19.1 Å². The number of hydrogen-bond donors (Lipinski definition) is 1. The van der Waals surface area contributed by atoms with Crippen molar-refractivity contribution in [2.24, 2.45) is 5.73 Å². The maximum absolute atomic E-state index is 5.79. The second-order valence-electron chi connectivity index (χ2n) is 4.58. The molecular formula is C14H21NO3. The summed E-state index contributed by atoms with van der Waals surface area (Å²) in [5.74, 6) is 2.09. The Balaban J connectivity index is 2.37. The normalized spacial score (nSPS) is 15.5. The fourth-order valence-electron chi connectivity index (χ4n) is 2.28. The predicted molar refractivity (Wildman–Crippen MR) is 70.2 cm³/mol. The topological polar surface area (TPSA) is 53.7 Å². The van der Waals surface area contributed by atoms with Gasteiger partial charge in [0.15, 0.2) is 11.5 Å². The molecule has 2 rings (SSSR count). The van der Waals surface area contributed by atoms with E-state index in [9.17, 15) is 0 Å². The molecule has 100 valence electrons. The zero-order chi connectivity index (χ0) is 13.0. The maximum Gasteiger partial charge on any atom is 0.167 e. The number of fused-ring (bicyclic) bond motifs is 1. The molecule has 1 atom stereocenters. The van der Waals surface area contributed by atoms with E-state index in [0.717, 1.165) is 23.5 Å². The lowest BCUT2D eigenvalue weighted by molar-refractivity contribution is 0.151. The molecule has 2 N–H and O–H groups in total. The molecule has 0 aliphatic carbocycles. The first-order valence-electron chi connectivity index (χ1n) is 6.38. The summed E-state index contributed by atoms with van der Waals surface area (Å²) >= 11 is 0. The summed E-state index contributed by atoms with van der Waals surface area (Å²) in [6, 6.07) is 4.15. The van der Waals surface area contributed by atoms with Gasteiger partial charge >= 0.3 is 0 Å². The molecule has 1 unspecified atom stereocenters. The van der Waals surface area contributed by atoms with Gasteiger partial charge in [-0.05, 0) is 18.9 Å². The van der Waals surface area contributed by atoms with E-state index in [2.05, 4.69) is 19.1 Å². The Labute approximate surface area is 108 Å². The fourth-order valence-corrected chi connectivity index (χ4v) is 2.28. The van der Waals surface area contributed by atoms with E-state index in [1.54, 1.807) is 7.11 Å². The third-order valence-electron chi connectivity index (χ3n) is 3.23. The smallest absolute Gasteiger partial charge is 0.167 e. The highest BCUT2D eigenvalue weighted by Gasteiger charge is 2.22. The Morgan fingerprint density at radius 2 is 2.00 bits per heavy atom. The van der Waals surface area contributed by atoms with Gasteiger partial charge in [0.05, 0.1) is 6.61 Å². The Kier molecular flexibility index (Phi) is 4.44. The van der Waals surface area contributed by atoms with Crippen molar-refractivity contribution in [3.05, 3.63) is 23.3 Å². The third-order valence-corrected chi connectivity index (χ3v) is 3.23. The predicted octanol–water partition coefficient (Wildman–Crippen LogP) is 2.06. The Morgan fingerprint density at radius 1 is 1.28 bits per heavy atom. The van der Waals surface area contributed by atoms with Crippen LogP contribution in [0.2, 0.25) is 0 Å². The van der Waals surface area contributed by atoms with E-state index in [1.807, 2.05) is 0 Å². The van der Waals surface area contributed by atoms with Gasteiger partial charge < -0.3 is 19.9 Å². The van der Waals surface area contributed by atoms with Crippen molar-refractivity contribution in [1.82, 2.24) is 0 Å². The summed E-state index contributed by atoms with van der Waals surface area (Å²) in [4.78, 5) is 0. The van der Waals surface area contributed by atoms with Gasteiger partial charge in [-0.15, -0.1) is 0 Å². The molecule has 18 heavy (non-hydrogen) atoms. The standard InChI is InChI=1S/C14H21NO3/c1-10(5-6-15)12-4-3-11(9-16-2)13-14(12)18-8-7-17-13/h3-4,10H,5-9,15H2,1-2H3. The first-order chi connectivity index (χ1) is 8.77. The van der Waals surface area contributed by atoms with Crippen LogP contribution in [0.15, 0.2) is 12.1 Å². The summed E-state index contributed by atoms with van der Waals surface area (Å²) in [7, 11) is 1.68. The van der Waals surface area contributed by atoms with Crippen molar-refractivity contribution in [2.75, 3.05) is 26.9 Å². The van der Waals surface area contributed by atoms with Crippen LogP contribution < -0.4 is 15.2 Å². The minimum atomic E-state index is 0.377. The first kappa shape index (κ1) is 13.2. The minimum Gasteiger partial charge on any atom is -0.486 e. The monoisotopic (exact) mass is 251 g/mol. The first-order valence-corrected chi connectivity index (χ1v) is 6.38. The van der Waals surface area contributed by atoms with Crippen LogP contribution in [0.1, 0.15) is 30.4 Å². The number of rotatable bonds is 5. The van der Waals surface area contributed by atoms with Crippen LogP contribution in [0.4, 0.5) is 0 Å². The minimum absolute atomic E-state index is 0.377. The highest BCUT2D eigenvalue weighted by molar-refractivity contribution is 5.53. The molecule has 4 heteroatoms. The van der Waals surface area contributed by atoms with Crippen LogP contribution in [0.3, 0.4) is 0 Å². The van der Waals surface area contributed by atoms with Gasteiger partial charge in [0, 0.05) is 18.2 Å². The average Bonchev–Trinajstić information content (AvgIpc) is 2.39. The lowest BCUT2D eigenvalue weighted by Gasteiger charge is -2.25. The van der Waals surface area contributed by atoms with E-state index in [0.29, 0.717) is 32.3 Å². The van der Waals surface area contributed by atoms with Crippen LogP contribution >= 0.6 is 0 Å². The van der Waals surface area contributed by atoms with Crippen molar-refractivity contribution in [1.29, 1.82) is 0 Å². The third kappa shape index (κ3) is 2.60. The number of benzene rings is 1. The molecule has 1 aliphatic rings. The zero-order valence-electron chi connectivity index (χ0n) is 11.1. The van der Waals surface area contributed by atoms with Crippen molar-refractivity contribution >= 4 is 0 Å². The van der Waals surface area contributed by atoms with E-state index >= 15 is 0 Å². The lowest BCUT2D eigenvalue weighted by Crippen LogP contribution is -2.19. The SMILES string of the molecule is COCc1ccc(C(C)CCN)c2c1OCCO2. The van der Waals surface area contributed by atoms with E-state index in [4.69, 9.17) is 19.9 Å². The van der Waals surface area contributed by atoms with Crippen LogP contribution in [-0.4, -0.2) is 26.9 Å². The molecule has 1 aromatic rings. The van der Waals surface area contributed by atoms with Crippen LogP contribution in [-0.2, 0) is 11.3 Å². The summed E-state index contributed by atoms with van der Waals surface area (Å²) in [6.07, 6.45) is 0.944. The average molecular weight is 251 g/mol. The van der Waals surface area contributed by atoms with Gasteiger partial charge in [-0.2, -0.15) is 0 Å². The molecule has 0 bridgehead atoms. The maximum atomic E-state index is 5.79. The van der Waals surface area contributed by atoms with Gasteiger partial charge in [-0.3, -0.25) is 0 Å². The summed E-state index contributed by atoms with van der Waals surface area (Å²) in [5, 5.41) is 0. The molecule has 0 amide bonds. The largest absolute Gasteiger partial charge is 0.486 e. The van der Waals surface area contributed by atoms with Crippen LogP contribution in [0.25, 0.3) is 0 Å². The molecule has 0 spiro atoms.